The Balaban J connectivity index is 2.82. The van der Waals surface area contributed by atoms with Crippen molar-refractivity contribution in [1.82, 2.24) is 4.90 Å². The maximum Gasteiger partial charge on any atom is 0.192 e. The molecule has 0 aromatic heterocycles. The van der Waals surface area contributed by atoms with Crippen molar-refractivity contribution >= 4 is 5.96 Å². The second-order valence-electron chi connectivity index (χ2n) is 6.35. The first-order chi connectivity index (χ1) is 7.20. The number of hydrogen-bond acceptors (Lipinski definition) is 1. The lowest BCUT2D eigenvalue weighted by Gasteiger charge is -2.42. The molecule has 1 aliphatic heterocycles. The molecule has 3 nitrogen and oxygen atoms in total. The summed E-state index contributed by atoms with van der Waals surface area (Å²) < 4.78 is 0. The lowest BCUT2D eigenvalue weighted by atomic mass is 9.86. The third-order valence-electron chi connectivity index (χ3n) is 3.34. The number of aliphatic imine (C=N–C) groups is 1. The molecule has 0 radical (unpaired) electrons. The van der Waals surface area contributed by atoms with Crippen molar-refractivity contribution in [3.63, 3.8) is 0 Å². The van der Waals surface area contributed by atoms with E-state index in [1.54, 1.807) is 0 Å². The molecule has 0 saturated carbocycles. The van der Waals surface area contributed by atoms with Crippen molar-refractivity contribution in [1.29, 1.82) is 0 Å². The standard InChI is InChI=1S/C13H27N3/c1-9-7-10(2)11(3)16(8-9)12(14)15-13(4,5)6/h9-11H,7-8H2,1-6H3,(H2,14,15). The van der Waals surface area contributed by atoms with E-state index >= 15 is 0 Å². The molecule has 1 rings (SSSR count). The van der Waals surface area contributed by atoms with Gasteiger partial charge >= 0.3 is 0 Å². The van der Waals surface area contributed by atoms with E-state index < -0.39 is 0 Å². The van der Waals surface area contributed by atoms with Crippen molar-refractivity contribution in [3.05, 3.63) is 0 Å². The highest BCUT2D eigenvalue weighted by Crippen LogP contribution is 2.26. The average molecular weight is 225 g/mol. The highest BCUT2D eigenvalue weighted by molar-refractivity contribution is 5.79. The van der Waals surface area contributed by atoms with Gasteiger partial charge in [-0.1, -0.05) is 13.8 Å². The number of guanidine groups is 1. The molecule has 1 saturated heterocycles. The fraction of sp³-hybridized carbons (Fsp3) is 0.923. The number of hydrogen-bond donors (Lipinski definition) is 1. The molecule has 0 bridgehead atoms. The van der Waals surface area contributed by atoms with Gasteiger partial charge in [-0.2, -0.15) is 0 Å². The maximum absolute atomic E-state index is 6.13. The highest BCUT2D eigenvalue weighted by Gasteiger charge is 2.30. The summed E-state index contributed by atoms with van der Waals surface area (Å²) in [5.74, 6) is 2.11. The van der Waals surface area contributed by atoms with Crippen LogP contribution in [0.15, 0.2) is 4.99 Å². The zero-order valence-electron chi connectivity index (χ0n) is 11.6. The van der Waals surface area contributed by atoms with E-state index in [1.165, 1.54) is 6.42 Å². The fourth-order valence-corrected chi connectivity index (χ4v) is 2.43. The molecular formula is C13H27N3. The second-order valence-corrected chi connectivity index (χ2v) is 6.35. The summed E-state index contributed by atoms with van der Waals surface area (Å²) in [5, 5.41) is 0. The zero-order chi connectivity index (χ0) is 12.5. The van der Waals surface area contributed by atoms with Crippen LogP contribution in [0.3, 0.4) is 0 Å². The predicted molar refractivity (Wildman–Crippen MR) is 70.5 cm³/mol. The van der Waals surface area contributed by atoms with E-state index in [2.05, 4.69) is 51.4 Å². The SMILES string of the molecule is CC1CC(C)C(C)N(C(N)=NC(C)(C)C)C1. The summed E-state index contributed by atoms with van der Waals surface area (Å²) >= 11 is 0. The number of nitrogens with two attached hydrogens (primary N) is 1. The molecule has 0 spiro atoms. The van der Waals surface area contributed by atoms with Gasteiger partial charge in [0.15, 0.2) is 5.96 Å². The van der Waals surface area contributed by atoms with Crippen LogP contribution in [0, 0.1) is 11.8 Å². The van der Waals surface area contributed by atoms with Crippen LogP contribution in [0.25, 0.3) is 0 Å². The topological polar surface area (TPSA) is 41.6 Å². The minimum absolute atomic E-state index is 0.0896. The predicted octanol–water partition coefficient (Wildman–Crippen LogP) is 2.47. The molecule has 1 fully saturated rings. The van der Waals surface area contributed by atoms with Crippen molar-refractivity contribution in [2.75, 3.05) is 6.54 Å². The highest BCUT2D eigenvalue weighted by atomic mass is 15.3. The fourth-order valence-electron chi connectivity index (χ4n) is 2.43. The van der Waals surface area contributed by atoms with Crippen LogP contribution in [0.2, 0.25) is 0 Å². The van der Waals surface area contributed by atoms with Crippen LogP contribution in [0.4, 0.5) is 0 Å². The Bertz CT molecular complexity index is 265. The lowest BCUT2D eigenvalue weighted by Crippen LogP contribution is -2.52. The van der Waals surface area contributed by atoms with E-state index in [9.17, 15) is 0 Å². The molecule has 0 aromatic rings. The minimum Gasteiger partial charge on any atom is -0.370 e. The molecule has 3 heteroatoms. The largest absolute Gasteiger partial charge is 0.370 e. The molecule has 1 aliphatic rings. The van der Waals surface area contributed by atoms with Crippen LogP contribution in [-0.2, 0) is 0 Å². The van der Waals surface area contributed by atoms with E-state index in [0.29, 0.717) is 23.8 Å². The Morgan fingerprint density at radius 2 is 1.81 bits per heavy atom. The number of nitrogens with zero attached hydrogens (tertiary/aromatic N) is 2. The summed E-state index contributed by atoms with van der Waals surface area (Å²) in [6.07, 6.45) is 1.29. The number of likely N-dealkylation sites (tertiary alicyclic amines) is 1. The molecule has 0 amide bonds. The smallest absolute Gasteiger partial charge is 0.192 e. The number of rotatable bonds is 0. The van der Waals surface area contributed by atoms with Gasteiger partial charge in [0.25, 0.3) is 0 Å². The second kappa shape index (κ2) is 4.64. The molecule has 0 aliphatic carbocycles. The summed E-state index contributed by atoms with van der Waals surface area (Å²) in [6, 6.07) is 0.502. The van der Waals surface area contributed by atoms with E-state index in [0.717, 1.165) is 6.54 Å². The minimum atomic E-state index is -0.0896. The Morgan fingerprint density at radius 3 is 2.31 bits per heavy atom. The average Bonchev–Trinajstić information content (AvgIpc) is 2.08. The third-order valence-corrected chi connectivity index (χ3v) is 3.34. The Hall–Kier alpha value is -0.730. The van der Waals surface area contributed by atoms with Crippen LogP contribution in [-0.4, -0.2) is 29.0 Å². The first-order valence-electron chi connectivity index (χ1n) is 6.32. The van der Waals surface area contributed by atoms with Crippen molar-refractivity contribution < 1.29 is 0 Å². The zero-order valence-corrected chi connectivity index (χ0v) is 11.6. The summed E-state index contributed by atoms with van der Waals surface area (Å²) in [5.41, 5.74) is 6.04. The molecule has 3 atom stereocenters. The number of piperidine rings is 1. The third kappa shape index (κ3) is 3.39. The first-order valence-corrected chi connectivity index (χ1v) is 6.32. The summed E-state index contributed by atoms with van der Waals surface area (Å²) in [6.45, 7) is 14.1. The lowest BCUT2D eigenvalue weighted by molar-refractivity contribution is 0.144. The molecule has 0 aromatic carbocycles. The first kappa shape index (κ1) is 13.3. The van der Waals surface area contributed by atoms with Crippen molar-refractivity contribution in [3.8, 4) is 0 Å². The molecular weight excluding hydrogens is 198 g/mol. The van der Waals surface area contributed by atoms with Crippen LogP contribution >= 0.6 is 0 Å². The van der Waals surface area contributed by atoms with E-state index in [4.69, 9.17) is 5.73 Å². The van der Waals surface area contributed by atoms with Gasteiger partial charge in [-0.05, 0) is 46.0 Å². The molecule has 94 valence electrons. The summed E-state index contributed by atoms with van der Waals surface area (Å²) in [4.78, 5) is 6.84. The molecule has 16 heavy (non-hydrogen) atoms. The van der Waals surface area contributed by atoms with Gasteiger partial charge in [0.2, 0.25) is 0 Å². The van der Waals surface area contributed by atoms with E-state index in [1.807, 2.05) is 0 Å². The molecule has 3 unspecified atom stereocenters. The van der Waals surface area contributed by atoms with Gasteiger partial charge in [0.1, 0.15) is 0 Å². The van der Waals surface area contributed by atoms with Gasteiger partial charge < -0.3 is 10.6 Å². The Morgan fingerprint density at radius 1 is 1.25 bits per heavy atom. The molecule has 2 N–H and O–H groups in total. The van der Waals surface area contributed by atoms with Crippen molar-refractivity contribution in [2.45, 2.75) is 59.5 Å². The normalized spacial score (nSPS) is 33.0. The van der Waals surface area contributed by atoms with Gasteiger partial charge in [0.05, 0.1) is 5.54 Å². The van der Waals surface area contributed by atoms with Crippen LogP contribution in [0.5, 0.6) is 0 Å². The maximum atomic E-state index is 6.13. The van der Waals surface area contributed by atoms with Gasteiger partial charge in [-0.25, -0.2) is 4.99 Å². The van der Waals surface area contributed by atoms with Crippen LogP contribution < -0.4 is 5.73 Å². The molecule has 1 heterocycles. The Labute approximate surface area is 100 Å². The van der Waals surface area contributed by atoms with Gasteiger partial charge in [-0.15, -0.1) is 0 Å². The van der Waals surface area contributed by atoms with E-state index in [-0.39, 0.29) is 5.54 Å². The van der Waals surface area contributed by atoms with Crippen molar-refractivity contribution in [2.24, 2.45) is 22.6 Å². The van der Waals surface area contributed by atoms with Crippen LogP contribution in [0.1, 0.15) is 48.0 Å². The summed E-state index contributed by atoms with van der Waals surface area (Å²) in [7, 11) is 0. The van der Waals surface area contributed by atoms with Gasteiger partial charge in [0, 0.05) is 12.6 Å². The van der Waals surface area contributed by atoms with Gasteiger partial charge in [-0.3, -0.25) is 0 Å². The quantitative estimate of drug-likeness (QED) is 0.508. The Kier molecular flexibility index (Phi) is 3.87. The monoisotopic (exact) mass is 225 g/mol.